The van der Waals surface area contributed by atoms with Crippen LogP contribution in [-0.2, 0) is 0 Å². The van der Waals surface area contributed by atoms with Gasteiger partial charge < -0.3 is 4.90 Å². The second-order valence-electron chi connectivity index (χ2n) is 4.57. The normalized spacial score (nSPS) is 12.3. The van der Waals surface area contributed by atoms with E-state index in [1.165, 1.54) is 6.07 Å². The van der Waals surface area contributed by atoms with Crippen molar-refractivity contribution in [3.63, 3.8) is 0 Å². The quantitative estimate of drug-likeness (QED) is 0.742. The molecule has 1 amide bonds. The number of hydrogen-bond acceptors (Lipinski definition) is 2. The van der Waals surface area contributed by atoms with E-state index in [-0.39, 0.29) is 11.6 Å². The zero-order valence-corrected chi connectivity index (χ0v) is 11.6. The summed E-state index contributed by atoms with van der Waals surface area (Å²) in [6.07, 6.45) is 3.66. The van der Waals surface area contributed by atoms with E-state index in [1.54, 1.807) is 4.90 Å². The van der Waals surface area contributed by atoms with E-state index in [0.29, 0.717) is 6.54 Å². The van der Waals surface area contributed by atoms with Crippen molar-refractivity contribution in [1.82, 2.24) is 9.88 Å². The molecule has 0 aliphatic rings. The third-order valence-electron chi connectivity index (χ3n) is 3.21. The molecule has 1 heterocycles. The smallest absolute Gasteiger partial charge is 0.257 e. The molecule has 0 bridgehead atoms. The van der Waals surface area contributed by atoms with Gasteiger partial charge in [-0.2, -0.15) is 4.39 Å². The van der Waals surface area contributed by atoms with Gasteiger partial charge in [0.2, 0.25) is 5.95 Å². The van der Waals surface area contributed by atoms with Crippen molar-refractivity contribution < 1.29 is 13.6 Å². The van der Waals surface area contributed by atoms with Crippen molar-refractivity contribution >= 4 is 5.91 Å². The van der Waals surface area contributed by atoms with Gasteiger partial charge in [0.1, 0.15) is 0 Å². The second kappa shape index (κ2) is 7.16. The van der Waals surface area contributed by atoms with Crippen LogP contribution >= 0.6 is 0 Å². The van der Waals surface area contributed by atoms with Crippen LogP contribution in [0.5, 0.6) is 0 Å². The molecule has 106 valence electrons. The fourth-order valence-electron chi connectivity index (χ4n) is 1.81. The van der Waals surface area contributed by atoms with E-state index in [1.807, 2.05) is 20.8 Å². The number of amides is 1. The first-order chi connectivity index (χ1) is 9.02. The largest absolute Gasteiger partial charge is 0.336 e. The highest BCUT2D eigenvalue weighted by molar-refractivity contribution is 5.94. The first-order valence-electron chi connectivity index (χ1n) is 6.63. The predicted octanol–water partition coefficient (Wildman–Crippen LogP) is 3.40. The van der Waals surface area contributed by atoms with Gasteiger partial charge in [0.15, 0.2) is 5.82 Å². The maximum Gasteiger partial charge on any atom is 0.257 e. The number of aromatic nitrogens is 1. The SMILES string of the molecule is CCCCN(C(=O)c1ccnc(F)c1F)C(C)CC. The van der Waals surface area contributed by atoms with Crippen molar-refractivity contribution in [2.75, 3.05) is 6.54 Å². The lowest BCUT2D eigenvalue weighted by Gasteiger charge is -2.28. The average Bonchev–Trinajstić information content (AvgIpc) is 2.41. The molecule has 1 aromatic rings. The molecule has 5 heteroatoms. The Morgan fingerprint density at radius 1 is 1.42 bits per heavy atom. The predicted molar refractivity (Wildman–Crippen MR) is 69.9 cm³/mol. The molecule has 1 unspecified atom stereocenters. The zero-order valence-electron chi connectivity index (χ0n) is 11.6. The summed E-state index contributed by atoms with van der Waals surface area (Å²) in [5, 5.41) is 0. The minimum atomic E-state index is -1.23. The van der Waals surface area contributed by atoms with E-state index in [2.05, 4.69) is 4.98 Å². The number of carbonyl (C=O) groups excluding carboxylic acids is 1. The molecule has 19 heavy (non-hydrogen) atoms. The van der Waals surface area contributed by atoms with Crippen LogP contribution in [0.15, 0.2) is 12.3 Å². The highest BCUT2D eigenvalue weighted by Gasteiger charge is 2.24. The van der Waals surface area contributed by atoms with Gasteiger partial charge in [-0.05, 0) is 25.8 Å². The standard InChI is InChI=1S/C14H20F2N2O/c1-4-6-9-18(10(3)5-2)14(19)11-7-8-17-13(16)12(11)15/h7-8,10H,4-6,9H2,1-3H3. The second-order valence-corrected chi connectivity index (χ2v) is 4.57. The van der Waals surface area contributed by atoms with Gasteiger partial charge in [-0.25, -0.2) is 9.37 Å². The molecule has 1 atom stereocenters. The molecule has 0 radical (unpaired) electrons. The van der Waals surface area contributed by atoms with Crippen molar-refractivity contribution in [3.05, 3.63) is 29.6 Å². The molecule has 0 fully saturated rings. The molecule has 0 saturated heterocycles. The Bertz CT molecular complexity index is 437. The number of hydrogen-bond donors (Lipinski definition) is 0. The monoisotopic (exact) mass is 270 g/mol. The van der Waals surface area contributed by atoms with Crippen molar-refractivity contribution in [3.8, 4) is 0 Å². The zero-order chi connectivity index (χ0) is 14.4. The topological polar surface area (TPSA) is 33.2 Å². The van der Waals surface area contributed by atoms with Gasteiger partial charge in [-0.15, -0.1) is 0 Å². The Kier molecular flexibility index (Phi) is 5.86. The molecule has 0 spiro atoms. The summed E-state index contributed by atoms with van der Waals surface area (Å²) in [4.78, 5) is 17.1. The fraction of sp³-hybridized carbons (Fsp3) is 0.571. The molecule has 1 rings (SSSR count). The van der Waals surface area contributed by atoms with Gasteiger partial charge in [0.05, 0.1) is 5.56 Å². The van der Waals surface area contributed by atoms with Crippen LogP contribution in [0.2, 0.25) is 0 Å². The number of unbranched alkanes of at least 4 members (excludes halogenated alkanes) is 1. The fourth-order valence-corrected chi connectivity index (χ4v) is 1.81. The highest BCUT2D eigenvalue weighted by Crippen LogP contribution is 2.15. The molecule has 0 aliphatic heterocycles. The van der Waals surface area contributed by atoms with E-state index < -0.39 is 17.7 Å². The molecular formula is C14H20F2N2O. The lowest BCUT2D eigenvalue weighted by Crippen LogP contribution is -2.39. The Hall–Kier alpha value is -1.52. The lowest BCUT2D eigenvalue weighted by molar-refractivity contribution is 0.0679. The van der Waals surface area contributed by atoms with Crippen LogP contribution in [0.4, 0.5) is 8.78 Å². The molecule has 1 aromatic heterocycles. The van der Waals surface area contributed by atoms with Crippen LogP contribution in [0.25, 0.3) is 0 Å². The van der Waals surface area contributed by atoms with E-state index in [4.69, 9.17) is 0 Å². The lowest BCUT2D eigenvalue weighted by atomic mass is 10.1. The number of nitrogens with zero attached hydrogens (tertiary/aromatic N) is 2. The van der Waals surface area contributed by atoms with E-state index in [0.717, 1.165) is 25.5 Å². The number of rotatable bonds is 6. The minimum Gasteiger partial charge on any atom is -0.336 e. The number of carbonyl (C=O) groups is 1. The summed E-state index contributed by atoms with van der Waals surface area (Å²) in [7, 11) is 0. The highest BCUT2D eigenvalue weighted by atomic mass is 19.2. The maximum absolute atomic E-state index is 13.6. The van der Waals surface area contributed by atoms with Gasteiger partial charge in [0, 0.05) is 18.8 Å². The Balaban J connectivity index is 3.01. The van der Waals surface area contributed by atoms with E-state index >= 15 is 0 Å². The van der Waals surface area contributed by atoms with Crippen molar-refractivity contribution in [2.45, 2.75) is 46.1 Å². The summed E-state index contributed by atoms with van der Waals surface area (Å²) >= 11 is 0. The third-order valence-corrected chi connectivity index (χ3v) is 3.21. The Morgan fingerprint density at radius 2 is 2.11 bits per heavy atom. The van der Waals surface area contributed by atoms with Gasteiger partial charge in [0.25, 0.3) is 5.91 Å². The third kappa shape index (κ3) is 3.72. The molecule has 0 aromatic carbocycles. The van der Waals surface area contributed by atoms with E-state index in [9.17, 15) is 13.6 Å². The maximum atomic E-state index is 13.6. The Labute approximate surface area is 112 Å². The molecule has 0 aliphatic carbocycles. The first kappa shape index (κ1) is 15.5. The first-order valence-corrected chi connectivity index (χ1v) is 6.63. The molecular weight excluding hydrogens is 250 g/mol. The summed E-state index contributed by atoms with van der Waals surface area (Å²) in [5.74, 6) is -2.87. The Morgan fingerprint density at radius 3 is 2.68 bits per heavy atom. The average molecular weight is 270 g/mol. The van der Waals surface area contributed by atoms with Crippen LogP contribution in [0.1, 0.15) is 50.4 Å². The van der Waals surface area contributed by atoms with Gasteiger partial charge >= 0.3 is 0 Å². The van der Waals surface area contributed by atoms with Crippen molar-refractivity contribution in [1.29, 1.82) is 0 Å². The van der Waals surface area contributed by atoms with Crippen LogP contribution in [0, 0.1) is 11.8 Å². The number of halogens is 2. The summed E-state index contributed by atoms with van der Waals surface area (Å²) < 4.78 is 26.7. The minimum absolute atomic E-state index is 0.00493. The van der Waals surface area contributed by atoms with Crippen molar-refractivity contribution in [2.24, 2.45) is 0 Å². The van der Waals surface area contributed by atoms with Crippen LogP contribution in [0.3, 0.4) is 0 Å². The van der Waals surface area contributed by atoms with Gasteiger partial charge in [-0.3, -0.25) is 4.79 Å². The molecule has 3 nitrogen and oxygen atoms in total. The summed E-state index contributed by atoms with van der Waals surface area (Å²) in [6.45, 7) is 6.43. The van der Waals surface area contributed by atoms with Crippen LogP contribution in [-0.4, -0.2) is 28.4 Å². The van der Waals surface area contributed by atoms with Gasteiger partial charge in [-0.1, -0.05) is 20.3 Å². The molecule has 0 N–H and O–H groups in total. The van der Waals surface area contributed by atoms with Crippen LogP contribution < -0.4 is 0 Å². The summed E-state index contributed by atoms with van der Waals surface area (Å²) in [5.41, 5.74) is -0.246. The summed E-state index contributed by atoms with van der Waals surface area (Å²) in [6, 6.07) is 1.22. The number of pyridine rings is 1. The molecule has 0 saturated carbocycles.